The Hall–Kier alpha value is -0.830. The molecule has 1 fully saturated rings. The molecule has 0 spiro atoms. The van der Waals surface area contributed by atoms with Gasteiger partial charge >= 0.3 is 0 Å². The summed E-state index contributed by atoms with van der Waals surface area (Å²) in [6.07, 6.45) is 6.50. The number of nitrogens with two attached hydrogens (primary N) is 1. The van der Waals surface area contributed by atoms with E-state index in [9.17, 15) is 0 Å². The van der Waals surface area contributed by atoms with Crippen molar-refractivity contribution in [1.82, 2.24) is 9.78 Å². The number of nitrogens with zero attached hydrogens (tertiary/aromatic N) is 2. The third-order valence-electron chi connectivity index (χ3n) is 3.96. The fraction of sp³-hybridized carbons (Fsp3) is 0.786. The topological polar surface area (TPSA) is 43.8 Å². The Bertz CT molecular complexity index is 373. The molecular weight excluding hydrogens is 210 g/mol. The van der Waals surface area contributed by atoms with Crippen LogP contribution < -0.4 is 5.73 Å². The van der Waals surface area contributed by atoms with Gasteiger partial charge in [-0.05, 0) is 51.5 Å². The van der Waals surface area contributed by atoms with Gasteiger partial charge in [0.25, 0.3) is 0 Å². The van der Waals surface area contributed by atoms with Crippen molar-refractivity contribution in [3.63, 3.8) is 0 Å². The molecule has 1 aliphatic rings. The minimum absolute atomic E-state index is 0.219. The quantitative estimate of drug-likeness (QED) is 0.871. The summed E-state index contributed by atoms with van der Waals surface area (Å²) in [5.74, 6) is 0.844. The van der Waals surface area contributed by atoms with E-state index in [0.29, 0.717) is 0 Å². The van der Waals surface area contributed by atoms with Crippen molar-refractivity contribution in [2.24, 2.45) is 11.7 Å². The van der Waals surface area contributed by atoms with Gasteiger partial charge in [0.1, 0.15) is 0 Å². The normalized spacial score (nSPS) is 18.8. The van der Waals surface area contributed by atoms with Gasteiger partial charge in [0, 0.05) is 18.3 Å². The average molecular weight is 235 g/mol. The minimum atomic E-state index is 0.219. The predicted molar refractivity (Wildman–Crippen MR) is 71.0 cm³/mol. The van der Waals surface area contributed by atoms with Crippen LogP contribution >= 0.6 is 0 Å². The van der Waals surface area contributed by atoms with Crippen molar-refractivity contribution in [1.29, 1.82) is 0 Å². The molecule has 96 valence electrons. The van der Waals surface area contributed by atoms with Gasteiger partial charge in [-0.2, -0.15) is 5.10 Å². The molecule has 1 atom stereocenters. The summed E-state index contributed by atoms with van der Waals surface area (Å²) in [6, 6.07) is 0.219. The summed E-state index contributed by atoms with van der Waals surface area (Å²) < 4.78 is 2.21. The highest BCUT2D eigenvalue weighted by Gasteiger charge is 2.19. The van der Waals surface area contributed by atoms with E-state index < -0.39 is 0 Å². The van der Waals surface area contributed by atoms with Gasteiger partial charge in [0.05, 0.1) is 5.69 Å². The minimum Gasteiger partial charge on any atom is -0.328 e. The van der Waals surface area contributed by atoms with Crippen LogP contribution in [0.1, 0.15) is 49.6 Å². The molecule has 0 saturated heterocycles. The Morgan fingerprint density at radius 1 is 1.35 bits per heavy atom. The van der Waals surface area contributed by atoms with Gasteiger partial charge in [-0.25, -0.2) is 0 Å². The monoisotopic (exact) mass is 235 g/mol. The largest absolute Gasteiger partial charge is 0.328 e. The van der Waals surface area contributed by atoms with E-state index in [2.05, 4.69) is 30.6 Å². The van der Waals surface area contributed by atoms with Crippen LogP contribution in [-0.2, 0) is 13.0 Å². The zero-order chi connectivity index (χ0) is 12.4. The Kier molecular flexibility index (Phi) is 3.87. The summed E-state index contributed by atoms with van der Waals surface area (Å²) in [7, 11) is 0. The molecule has 3 heteroatoms. The molecule has 2 N–H and O–H groups in total. The molecular formula is C14H25N3. The smallest absolute Gasteiger partial charge is 0.0629 e. The van der Waals surface area contributed by atoms with Crippen molar-refractivity contribution in [3.05, 3.63) is 17.0 Å². The maximum Gasteiger partial charge on any atom is 0.0629 e. The lowest BCUT2D eigenvalue weighted by molar-refractivity contribution is 0.421. The van der Waals surface area contributed by atoms with Gasteiger partial charge < -0.3 is 5.73 Å². The van der Waals surface area contributed by atoms with Crippen molar-refractivity contribution in [2.75, 3.05) is 0 Å². The Balaban J connectivity index is 2.12. The molecule has 0 radical (unpaired) electrons. The van der Waals surface area contributed by atoms with Gasteiger partial charge in [0.2, 0.25) is 0 Å². The Morgan fingerprint density at radius 3 is 2.59 bits per heavy atom. The number of rotatable bonds is 4. The Morgan fingerprint density at radius 2 is 2.00 bits per heavy atom. The van der Waals surface area contributed by atoms with Crippen LogP contribution in [-0.4, -0.2) is 15.8 Å². The second-order valence-corrected chi connectivity index (χ2v) is 5.66. The molecule has 0 amide bonds. The standard InChI is InChI=1S/C14H25N3/c1-10(15)8-14-11(2)16-17(12(14)3)9-13-6-4-5-7-13/h10,13H,4-9,15H2,1-3H3. The van der Waals surface area contributed by atoms with Crippen LogP contribution in [0.4, 0.5) is 0 Å². The summed E-state index contributed by atoms with van der Waals surface area (Å²) in [5.41, 5.74) is 9.75. The highest BCUT2D eigenvalue weighted by molar-refractivity contribution is 5.25. The van der Waals surface area contributed by atoms with E-state index in [1.807, 2.05) is 0 Å². The number of aryl methyl sites for hydroxylation is 1. The lowest BCUT2D eigenvalue weighted by Crippen LogP contribution is -2.18. The molecule has 1 aromatic heterocycles. The molecule has 1 aromatic rings. The molecule has 0 aromatic carbocycles. The third-order valence-corrected chi connectivity index (χ3v) is 3.96. The zero-order valence-corrected chi connectivity index (χ0v) is 11.4. The summed E-state index contributed by atoms with van der Waals surface area (Å²) in [5, 5.41) is 4.69. The van der Waals surface area contributed by atoms with Crippen molar-refractivity contribution in [2.45, 2.75) is 65.5 Å². The van der Waals surface area contributed by atoms with Crippen LogP contribution in [0.2, 0.25) is 0 Å². The predicted octanol–water partition coefficient (Wildman–Crippen LogP) is 2.58. The van der Waals surface area contributed by atoms with E-state index in [1.54, 1.807) is 0 Å². The van der Waals surface area contributed by atoms with Gasteiger partial charge in [-0.1, -0.05) is 12.8 Å². The van der Waals surface area contributed by atoms with E-state index in [4.69, 9.17) is 5.73 Å². The van der Waals surface area contributed by atoms with Crippen molar-refractivity contribution in [3.8, 4) is 0 Å². The first-order valence-electron chi connectivity index (χ1n) is 6.86. The number of hydrogen-bond acceptors (Lipinski definition) is 2. The summed E-state index contributed by atoms with van der Waals surface area (Å²) in [4.78, 5) is 0. The molecule has 0 bridgehead atoms. The van der Waals surface area contributed by atoms with Gasteiger partial charge in [-0.3, -0.25) is 4.68 Å². The first kappa shape index (κ1) is 12.6. The van der Waals surface area contributed by atoms with Crippen LogP contribution in [0, 0.1) is 19.8 Å². The highest BCUT2D eigenvalue weighted by atomic mass is 15.3. The SMILES string of the molecule is Cc1nn(CC2CCCC2)c(C)c1CC(C)N. The maximum atomic E-state index is 5.90. The molecule has 1 saturated carbocycles. The molecule has 1 heterocycles. The van der Waals surface area contributed by atoms with Crippen LogP contribution in [0.25, 0.3) is 0 Å². The molecule has 2 rings (SSSR count). The van der Waals surface area contributed by atoms with Gasteiger partial charge in [0.15, 0.2) is 0 Å². The summed E-state index contributed by atoms with van der Waals surface area (Å²) in [6.45, 7) is 7.46. The Labute approximate surface area is 104 Å². The molecule has 1 unspecified atom stereocenters. The first-order valence-corrected chi connectivity index (χ1v) is 6.86. The second-order valence-electron chi connectivity index (χ2n) is 5.66. The number of hydrogen-bond donors (Lipinski definition) is 1. The highest BCUT2D eigenvalue weighted by Crippen LogP contribution is 2.27. The molecule has 17 heavy (non-hydrogen) atoms. The molecule has 1 aliphatic carbocycles. The maximum absolute atomic E-state index is 5.90. The fourth-order valence-electron chi connectivity index (χ4n) is 2.97. The van der Waals surface area contributed by atoms with E-state index >= 15 is 0 Å². The van der Waals surface area contributed by atoms with Crippen LogP contribution in [0.5, 0.6) is 0 Å². The van der Waals surface area contributed by atoms with Gasteiger partial charge in [-0.15, -0.1) is 0 Å². The van der Waals surface area contributed by atoms with E-state index in [-0.39, 0.29) is 6.04 Å². The zero-order valence-electron chi connectivity index (χ0n) is 11.4. The molecule has 0 aliphatic heterocycles. The van der Waals surface area contributed by atoms with Crippen molar-refractivity contribution < 1.29 is 0 Å². The van der Waals surface area contributed by atoms with Crippen LogP contribution in [0.15, 0.2) is 0 Å². The second kappa shape index (κ2) is 5.21. The first-order chi connectivity index (χ1) is 8.08. The van der Waals surface area contributed by atoms with Crippen LogP contribution in [0.3, 0.4) is 0 Å². The molecule has 3 nitrogen and oxygen atoms in total. The summed E-state index contributed by atoms with van der Waals surface area (Å²) >= 11 is 0. The lowest BCUT2D eigenvalue weighted by atomic mass is 10.1. The van der Waals surface area contributed by atoms with E-state index in [1.165, 1.54) is 36.9 Å². The fourth-order valence-corrected chi connectivity index (χ4v) is 2.97. The lowest BCUT2D eigenvalue weighted by Gasteiger charge is -2.11. The average Bonchev–Trinajstić information content (AvgIpc) is 2.83. The van der Waals surface area contributed by atoms with Crippen molar-refractivity contribution >= 4 is 0 Å². The third kappa shape index (κ3) is 2.89. The van der Waals surface area contributed by atoms with E-state index in [0.717, 1.165) is 24.6 Å². The number of aromatic nitrogens is 2.